The molecular formula is C27H38F4N4O9. The molecule has 1 aromatic carbocycles. The minimum Gasteiger partial charge on any atom is -0.487 e. The van der Waals surface area contributed by atoms with E-state index in [1.165, 1.54) is 31.4 Å². The van der Waals surface area contributed by atoms with Crippen LogP contribution in [0.25, 0.3) is 0 Å². The van der Waals surface area contributed by atoms with Crippen molar-refractivity contribution in [3.8, 4) is 5.75 Å². The van der Waals surface area contributed by atoms with Gasteiger partial charge < -0.3 is 24.8 Å². The fourth-order valence-corrected chi connectivity index (χ4v) is 4.53. The SMILES string of the molecule is COC(=O)CN1CCN(CC(=O)O)CCN(CC(=O)O)CCN(C(Cc2ccc(OCC(F)(F)C(F)F)cc2)C(=O)O)CC1. The summed E-state index contributed by atoms with van der Waals surface area (Å²) < 4.78 is 60.7. The summed E-state index contributed by atoms with van der Waals surface area (Å²) in [7, 11) is 1.22. The first-order valence-electron chi connectivity index (χ1n) is 13.7. The van der Waals surface area contributed by atoms with Crippen LogP contribution in [0.15, 0.2) is 24.3 Å². The monoisotopic (exact) mass is 638 g/mol. The van der Waals surface area contributed by atoms with Gasteiger partial charge in [-0.05, 0) is 24.1 Å². The number of aliphatic carboxylic acids is 3. The summed E-state index contributed by atoms with van der Waals surface area (Å²) in [6.07, 6.45) is -3.94. The van der Waals surface area contributed by atoms with E-state index >= 15 is 0 Å². The Morgan fingerprint density at radius 2 is 1.25 bits per heavy atom. The third kappa shape index (κ3) is 13.0. The van der Waals surface area contributed by atoms with Gasteiger partial charge in [0.05, 0.1) is 26.7 Å². The molecule has 17 heteroatoms. The molecule has 1 unspecified atom stereocenters. The molecule has 1 aliphatic rings. The molecule has 2 rings (SSSR count). The van der Waals surface area contributed by atoms with E-state index in [0.717, 1.165) is 0 Å². The molecule has 1 saturated heterocycles. The lowest BCUT2D eigenvalue weighted by Gasteiger charge is -2.35. The van der Waals surface area contributed by atoms with Gasteiger partial charge in [0.2, 0.25) is 0 Å². The van der Waals surface area contributed by atoms with Crippen LogP contribution in [0.3, 0.4) is 0 Å². The van der Waals surface area contributed by atoms with Crippen molar-refractivity contribution in [2.45, 2.75) is 24.8 Å². The van der Waals surface area contributed by atoms with Crippen molar-refractivity contribution in [1.29, 1.82) is 0 Å². The Morgan fingerprint density at radius 1 is 0.795 bits per heavy atom. The lowest BCUT2D eigenvalue weighted by Crippen LogP contribution is -2.52. The van der Waals surface area contributed by atoms with Crippen LogP contribution in [-0.2, 0) is 30.3 Å². The maximum atomic E-state index is 13.2. The predicted octanol–water partition coefficient (Wildman–Crippen LogP) is 0.525. The number of hydrogen-bond donors (Lipinski definition) is 3. The number of carbonyl (C=O) groups is 4. The number of rotatable bonds is 14. The van der Waals surface area contributed by atoms with Gasteiger partial charge in [-0.2, -0.15) is 8.78 Å². The summed E-state index contributed by atoms with van der Waals surface area (Å²) in [5.41, 5.74) is 0.481. The first-order valence-corrected chi connectivity index (χ1v) is 13.7. The Balaban J connectivity index is 2.26. The van der Waals surface area contributed by atoms with E-state index in [9.17, 15) is 52.1 Å². The van der Waals surface area contributed by atoms with Crippen molar-refractivity contribution < 1.29 is 61.5 Å². The second kappa shape index (κ2) is 17.7. The molecule has 248 valence electrons. The molecule has 1 aliphatic heterocycles. The quantitative estimate of drug-likeness (QED) is 0.191. The maximum absolute atomic E-state index is 13.2. The van der Waals surface area contributed by atoms with Gasteiger partial charge in [-0.25, -0.2) is 8.78 Å². The standard InChI is InChI=1S/C27H38F4N4O9/c1-43-24(40)17-34-9-8-32(15-22(36)37)6-7-33(16-23(38)39)10-12-35(13-11-34)21(25(41)42)14-19-2-4-20(5-3-19)44-18-27(30,31)26(28)29/h2-5,21,26H,6-18H2,1H3,(H,36,37)(H,38,39)(H,41,42). The van der Waals surface area contributed by atoms with Gasteiger partial charge in [-0.3, -0.25) is 38.8 Å². The second-order valence-electron chi connectivity index (χ2n) is 10.3. The van der Waals surface area contributed by atoms with Gasteiger partial charge in [0.1, 0.15) is 11.8 Å². The molecule has 0 radical (unpaired) electrons. The number of esters is 1. The van der Waals surface area contributed by atoms with E-state index in [-0.39, 0.29) is 84.2 Å². The van der Waals surface area contributed by atoms with Crippen molar-refractivity contribution >= 4 is 23.9 Å². The Bertz CT molecular complexity index is 1100. The minimum absolute atomic E-state index is 0.0505. The lowest BCUT2D eigenvalue weighted by atomic mass is 10.0. The van der Waals surface area contributed by atoms with Gasteiger partial charge in [0, 0.05) is 52.4 Å². The molecule has 0 bridgehead atoms. The number of ether oxygens (including phenoxy) is 2. The van der Waals surface area contributed by atoms with Crippen LogP contribution < -0.4 is 4.74 Å². The van der Waals surface area contributed by atoms with Crippen molar-refractivity contribution in [2.24, 2.45) is 0 Å². The van der Waals surface area contributed by atoms with Crippen LogP contribution in [0, 0.1) is 0 Å². The van der Waals surface area contributed by atoms with E-state index in [2.05, 4.69) is 0 Å². The molecule has 13 nitrogen and oxygen atoms in total. The van der Waals surface area contributed by atoms with Crippen LogP contribution in [0.4, 0.5) is 17.6 Å². The summed E-state index contributed by atoms with van der Waals surface area (Å²) in [6, 6.07) is 4.27. The summed E-state index contributed by atoms with van der Waals surface area (Å²) in [4.78, 5) is 54.0. The Labute approximate surface area is 251 Å². The van der Waals surface area contributed by atoms with Crippen LogP contribution in [0.1, 0.15) is 5.56 Å². The highest BCUT2D eigenvalue weighted by molar-refractivity contribution is 5.74. The number of carboxylic acids is 3. The maximum Gasteiger partial charge on any atom is 0.340 e. The number of alkyl halides is 4. The highest BCUT2D eigenvalue weighted by Gasteiger charge is 2.41. The van der Waals surface area contributed by atoms with Gasteiger partial charge >= 0.3 is 36.2 Å². The van der Waals surface area contributed by atoms with E-state index in [1.807, 2.05) is 0 Å². The fourth-order valence-electron chi connectivity index (χ4n) is 4.53. The molecular weight excluding hydrogens is 600 g/mol. The number of carbonyl (C=O) groups excluding carboxylic acids is 1. The third-order valence-corrected chi connectivity index (χ3v) is 7.00. The fraction of sp³-hybridized carbons (Fsp3) is 0.630. The first-order chi connectivity index (χ1) is 20.7. The zero-order chi connectivity index (χ0) is 32.9. The predicted molar refractivity (Wildman–Crippen MR) is 146 cm³/mol. The summed E-state index contributed by atoms with van der Waals surface area (Å²) in [5.74, 6) is -8.34. The molecule has 0 amide bonds. The van der Waals surface area contributed by atoms with E-state index in [0.29, 0.717) is 5.56 Å². The normalized spacial score (nSPS) is 17.8. The zero-order valence-electron chi connectivity index (χ0n) is 24.2. The molecule has 3 N–H and O–H groups in total. The van der Waals surface area contributed by atoms with E-state index in [1.54, 1.807) is 19.6 Å². The van der Waals surface area contributed by atoms with Gasteiger partial charge in [-0.1, -0.05) is 12.1 Å². The summed E-state index contributed by atoms with van der Waals surface area (Å²) >= 11 is 0. The molecule has 1 aromatic rings. The molecule has 44 heavy (non-hydrogen) atoms. The number of hydrogen-bond acceptors (Lipinski definition) is 10. The van der Waals surface area contributed by atoms with Crippen molar-refractivity contribution in [3.05, 3.63) is 29.8 Å². The van der Waals surface area contributed by atoms with Gasteiger partial charge in [0.25, 0.3) is 0 Å². The van der Waals surface area contributed by atoms with Crippen LogP contribution >= 0.6 is 0 Å². The number of halogens is 4. The zero-order valence-corrected chi connectivity index (χ0v) is 24.2. The van der Waals surface area contributed by atoms with Gasteiger partial charge in [0.15, 0.2) is 6.61 Å². The van der Waals surface area contributed by atoms with Crippen molar-refractivity contribution in [1.82, 2.24) is 19.6 Å². The topological polar surface area (TPSA) is 160 Å². The molecule has 0 saturated carbocycles. The third-order valence-electron chi connectivity index (χ3n) is 7.00. The highest BCUT2D eigenvalue weighted by atomic mass is 19.3. The van der Waals surface area contributed by atoms with Crippen LogP contribution in [0.5, 0.6) is 5.75 Å². The number of carboxylic acid groups (broad SMARTS) is 3. The van der Waals surface area contributed by atoms with Crippen molar-refractivity contribution in [3.63, 3.8) is 0 Å². The Hall–Kier alpha value is -3.54. The lowest BCUT2D eigenvalue weighted by molar-refractivity contribution is -0.148. The Kier molecular flexibility index (Phi) is 14.7. The molecule has 1 atom stereocenters. The minimum atomic E-state index is -4.33. The highest BCUT2D eigenvalue weighted by Crippen LogP contribution is 2.25. The molecule has 0 aliphatic carbocycles. The number of nitrogens with zero attached hydrogens (tertiary/aromatic N) is 4. The summed E-state index contributed by atoms with van der Waals surface area (Å²) in [5, 5.41) is 28.9. The first kappa shape index (κ1) is 36.7. The van der Waals surface area contributed by atoms with Crippen molar-refractivity contribution in [2.75, 3.05) is 85.7 Å². The van der Waals surface area contributed by atoms with Crippen LogP contribution in [-0.4, -0.2) is 163 Å². The summed E-state index contributed by atoms with van der Waals surface area (Å²) in [6.45, 7) is -0.826. The van der Waals surface area contributed by atoms with Crippen LogP contribution in [0.2, 0.25) is 0 Å². The largest absolute Gasteiger partial charge is 0.487 e. The average Bonchev–Trinajstić information content (AvgIpc) is 2.94. The molecule has 1 heterocycles. The Morgan fingerprint density at radius 3 is 1.66 bits per heavy atom. The van der Waals surface area contributed by atoms with Gasteiger partial charge in [-0.15, -0.1) is 0 Å². The molecule has 0 spiro atoms. The number of methoxy groups -OCH3 is 1. The van der Waals surface area contributed by atoms with E-state index < -0.39 is 48.9 Å². The molecule has 0 aromatic heterocycles. The number of benzene rings is 1. The smallest absolute Gasteiger partial charge is 0.340 e. The second-order valence-corrected chi connectivity index (χ2v) is 10.3. The average molecular weight is 639 g/mol. The van der Waals surface area contributed by atoms with E-state index in [4.69, 9.17) is 9.47 Å². The molecule has 1 fully saturated rings.